The van der Waals surface area contributed by atoms with Crippen LogP contribution in [-0.4, -0.2) is 25.0 Å². The molecule has 1 amide bonds. The van der Waals surface area contributed by atoms with Crippen LogP contribution in [0.1, 0.15) is 10.4 Å². The van der Waals surface area contributed by atoms with Crippen molar-refractivity contribution < 1.29 is 13.6 Å². The first-order valence-electron chi connectivity index (χ1n) is 3.94. The fraction of sp³-hybridized carbons (Fsp3) is 0.222. The van der Waals surface area contributed by atoms with Crippen molar-refractivity contribution in [2.45, 2.75) is 0 Å². The van der Waals surface area contributed by atoms with Gasteiger partial charge >= 0.3 is 0 Å². The molecule has 14 heavy (non-hydrogen) atoms. The van der Waals surface area contributed by atoms with E-state index in [1.165, 1.54) is 5.01 Å². The van der Waals surface area contributed by atoms with Crippen molar-refractivity contribution in [3.05, 3.63) is 35.4 Å². The molecule has 0 aliphatic carbocycles. The van der Waals surface area contributed by atoms with Crippen molar-refractivity contribution in [1.29, 1.82) is 0 Å². The summed E-state index contributed by atoms with van der Waals surface area (Å²) in [6.07, 6.45) is 0. The first-order chi connectivity index (χ1) is 6.50. The Morgan fingerprint density at radius 3 is 2.50 bits per heavy atom. The smallest absolute Gasteiger partial charge is 0.268 e. The molecule has 1 aromatic rings. The quantitative estimate of drug-likeness (QED) is 0.727. The van der Waals surface area contributed by atoms with Gasteiger partial charge in [-0.1, -0.05) is 0 Å². The monoisotopic (exact) mass is 200 g/mol. The van der Waals surface area contributed by atoms with E-state index in [-0.39, 0.29) is 5.56 Å². The fourth-order valence-corrected chi connectivity index (χ4v) is 0.937. The number of rotatable bonds is 2. The van der Waals surface area contributed by atoms with Crippen LogP contribution in [-0.2, 0) is 0 Å². The lowest BCUT2D eigenvalue weighted by molar-refractivity contribution is 0.0852. The highest BCUT2D eigenvalue weighted by Gasteiger charge is 2.12. The average molecular weight is 200 g/mol. The number of carbonyl (C=O) groups is 1. The van der Waals surface area contributed by atoms with Crippen LogP contribution in [0.5, 0.6) is 0 Å². The number of hydrogen-bond acceptors (Lipinski definition) is 2. The second-order valence-corrected chi connectivity index (χ2v) is 2.96. The lowest BCUT2D eigenvalue weighted by Gasteiger charge is -2.11. The molecule has 0 unspecified atom stereocenters. The van der Waals surface area contributed by atoms with Crippen LogP contribution in [0.15, 0.2) is 18.2 Å². The minimum Gasteiger partial charge on any atom is -0.285 e. The minimum atomic E-state index is -0.871. The number of amides is 1. The van der Waals surface area contributed by atoms with Crippen LogP contribution in [0.25, 0.3) is 0 Å². The molecule has 0 saturated carbocycles. The molecule has 0 aliphatic rings. The number of nitrogens with one attached hydrogen (secondary N) is 1. The van der Waals surface area contributed by atoms with Gasteiger partial charge in [-0.3, -0.25) is 10.2 Å². The predicted octanol–water partition coefficient (Wildman–Crippen LogP) is 1.17. The summed E-state index contributed by atoms with van der Waals surface area (Å²) in [4.78, 5) is 11.3. The standard InChI is InChI=1S/C9H10F2N2O/c1-13(2)12-9(14)7-4-3-6(10)5-8(7)11/h3-5H,1-2H3,(H,12,14). The summed E-state index contributed by atoms with van der Waals surface area (Å²) in [5.74, 6) is -2.18. The summed E-state index contributed by atoms with van der Waals surface area (Å²) >= 11 is 0. The molecular weight excluding hydrogens is 190 g/mol. The van der Waals surface area contributed by atoms with Crippen molar-refractivity contribution in [2.24, 2.45) is 0 Å². The molecule has 0 aliphatic heterocycles. The van der Waals surface area contributed by atoms with Crippen molar-refractivity contribution in [2.75, 3.05) is 14.1 Å². The zero-order valence-electron chi connectivity index (χ0n) is 7.84. The molecule has 0 aromatic heterocycles. The molecule has 0 bridgehead atoms. The van der Waals surface area contributed by atoms with Crippen molar-refractivity contribution >= 4 is 5.91 Å². The Balaban J connectivity index is 2.90. The zero-order valence-corrected chi connectivity index (χ0v) is 7.84. The van der Waals surface area contributed by atoms with E-state index in [4.69, 9.17) is 0 Å². The van der Waals surface area contributed by atoms with Gasteiger partial charge in [0.25, 0.3) is 5.91 Å². The maximum atomic E-state index is 13.0. The Morgan fingerprint density at radius 2 is 2.00 bits per heavy atom. The molecular formula is C9H10F2N2O. The van der Waals surface area contributed by atoms with Gasteiger partial charge in [0, 0.05) is 20.2 Å². The van der Waals surface area contributed by atoms with Crippen LogP contribution >= 0.6 is 0 Å². The van der Waals surface area contributed by atoms with Gasteiger partial charge in [0.15, 0.2) is 0 Å². The van der Waals surface area contributed by atoms with Crippen LogP contribution in [0.4, 0.5) is 8.78 Å². The summed E-state index contributed by atoms with van der Waals surface area (Å²) in [7, 11) is 3.19. The lowest BCUT2D eigenvalue weighted by Crippen LogP contribution is -2.36. The Hall–Kier alpha value is -1.49. The molecule has 0 spiro atoms. The van der Waals surface area contributed by atoms with E-state index in [1.54, 1.807) is 14.1 Å². The van der Waals surface area contributed by atoms with Gasteiger partial charge < -0.3 is 0 Å². The largest absolute Gasteiger partial charge is 0.285 e. The molecule has 1 rings (SSSR count). The topological polar surface area (TPSA) is 32.3 Å². The van der Waals surface area contributed by atoms with Gasteiger partial charge in [0.2, 0.25) is 0 Å². The first-order valence-corrected chi connectivity index (χ1v) is 3.94. The van der Waals surface area contributed by atoms with Crippen LogP contribution in [0, 0.1) is 11.6 Å². The second-order valence-electron chi connectivity index (χ2n) is 2.96. The SMILES string of the molecule is CN(C)NC(=O)c1ccc(F)cc1F. The third-order valence-corrected chi connectivity index (χ3v) is 1.50. The van der Waals surface area contributed by atoms with Gasteiger partial charge in [0.1, 0.15) is 11.6 Å². The van der Waals surface area contributed by atoms with Crippen LogP contribution in [0.2, 0.25) is 0 Å². The summed E-state index contributed by atoms with van der Waals surface area (Å²) in [5.41, 5.74) is 2.17. The van der Waals surface area contributed by atoms with Gasteiger partial charge in [-0.05, 0) is 12.1 Å². The van der Waals surface area contributed by atoms with Gasteiger partial charge in [-0.15, -0.1) is 0 Å². The highest BCUT2D eigenvalue weighted by Crippen LogP contribution is 2.08. The minimum absolute atomic E-state index is 0.180. The Morgan fingerprint density at radius 1 is 1.36 bits per heavy atom. The third-order valence-electron chi connectivity index (χ3n) is 1.50. The molecule has 76 valence electrons. The van der Waals surface area contributed by atoms with Crippen molar-refractivity contribution in [3.8, 4) is 0 Å². The molecule has 5 heteroatoms. The number of hydrogen-bond donors (Lipinski definition) is 1. The summed E-state index contributed by atoms with van der Waals surface area (Å²) in [6.45, 7) is 0. The van der Waals surface area contributed by atoms with E-state index in [0.29, 0.717) is 6.07 Å². The number of carbonyl (C=O) groups excluding carboxylic acids is 1. The third kappa shape index (κ3) is 2.50. The number of nitrogens with zero attached hydrogens (tertiary/aromatic N) is 1. The number of hydrazine groups is 1. The van der Waals surface area contributed by atoms with Crippen LogP contribution in [0.3, 0.4) is 0 Å². The van der Waals surface area contributed by atoms with E-state index >= 15 is 0 Å². The molecule has 0 radical (unpaired) electrons. The van der Waals surface area contributed by atoms with Gasteiger partial charge in [-0.2, -0.15) is 0 Å². The maximum absolute atomic E-state index is 13.0. The number of halogens is 2. The molecule has 3 nitrogen and oxygen atoms in total. The number of benzene rings is 1. The molecule has 1 aromatic carbocycles. The highest BCUT2D eigenvalue weighted by atomic mass is 19.1. The first kappa shape index (κ1) is 10.6. The Bertz CT molecular complexity index is 353. The average Bonchev–Trinajstić information content (AvgIpc) is 2.01. The summed E-state index contributed by atoms with van der Waals surface area (Å²) < 4.78 is 25.5. The van der Waals surface area contributed by atoms with Gasteiger partial charge in [-0.25, -0.2) is 13.8 Å². The second kappa shape index (κ2) is 4.15. The van der Waals surface area contributed by atoms with E-state index < -0.39 is 17.5 Å². The molecule has 0 saturated heterocycles. The van der Waals surface area contributed by atoms with E-state index in [2.05, 4.69) is 5.43 Å². The summed E-state index contributed by atoms with van der Waals surface area (Å²) in [6, 6.07) is 2.81. The molecule has 0 heterocycles. The maximum Gasteiger partial charge on any atom is 0.268 e. The van der Waals surface area contributed by atoms with Crippen molar-refractivity contribution in [3.63, 3.8) is 0 Å². The summed E-state index contributed by atoms with van der Waals surface area (Å²) in [5, 5.41) is 1.38. The van der Waals surface area contributed by atoms with Crippen LogP contribution < -0.4 is 5.43 Å². The Kier molecular flexibility index (Phi) is 3.14. The van der Waals surface area contributed by atoms with E-state index in [1.807, 2.05) is 0 Å². The predicted molar refractivity (Wildman–Crippen MR) is 47.5 cm³/mol. The lowest BCUT2D eigenvalue weighted by atomic mass is 10.2. The Labute approximate surface area is 80.3 Å². The molecule has 0 fully saturated rings. The molecule has 1 N–H and O–H groups in total. The fourth-order valence-electron chi connectivity index (χ4n) is 0.937. The zero-order chi connectivity index (χ0) is 10.7. The highest BCUT2D eigenvalue weighted by molar-refractivity contribution is 5.94. The normalized spacial score (nSPS) is 10.4. The van der Waals surface area contributed by atoms with E-state index in [9.17, 15) is 13.6 Å². The van der Waals surface area contributed by atoms with E-state index in [0.717, 1.165) is 12.1 Å². The van der Waals surface area contributed by atoms with Crippen molar-refractivity contribution in [1.82, 2.24) is 10.4 Å². The molecule has 0 atom stereocenters. The van der Waals surface area contributed by atoms with Gasteiger partial charge in [0.05, 0.1) is 5.56 Å².